The maximum atomic E-state index is 13.1. The van der Waals surface area contributed by atoms with Crippen LogP contribution in [0.25, 0.3) is 0 Å². The van der Waals surface area contributed by atoms with Gasteiger partial charge in [-0.05, 0) is 148 Å². The van der Waals surface area contributed by atoms with Crippen LogP contribution in [-0.2, 0) is 65.4 Å². The molecule has 0 aromatic heterocycles. The van der Waals surface area contributed by atoms with Crippen molar-refractivity contribution in [2.24, 2.45) is 0 Å². The van der Waals surface area contributed by atoms with E-state index in [1.54, 1.807) is 0 Å². The summed E-state index contributed by atoms with van der Waals surface area (Å²) in [5, 5.41) is 10.6. The summed E-state index contributed by atoms with van der Waals surface area (Å²) >= 11 is 0. The standard InChI is InChI=1S/C83H140O17P2/c1-5-9-13-17-21-25-29-33-36-37-38-39-42-45-48-52-56-60-64-68-81(86)94-73-78(99-82(87)69-65-61-57-53-49-43-32-28-24-20-16-12-8-4)75-97-101(89,90)95-71-77(84)72-96-102(91,92)98-76-79(100-83(88)70-66-62-58-54-50-46-41-35-31-27-23-19-15-11-7-3)74-93-80(85)67-63-59-55-51-47-44-40-34-30-26-22-18-14-10-6-2/h9-10,13-14,21-22,25-26,28,32-36,38-41,45,48,56,60,77-79,84H,5-8,11-12,15-20,23-24,27,29-31,37,42-44,46-47,49-55,57-59,61-76H2,1-4H3,(H,89,90)(H,91,92)/b13-9-,14-10-,25-21-,26-22-,32-28-,36-33-,39-38-,40-34-,41-35-,48-45-,60-56-. The topological polar surface area (TPSA) is 237 Å². The minimum atomic E-state index is -5.00. The fraction of sp³-hybridized carbons (Fsp3) is 0.687. The number of aliphatic hydroxyl groups is 1. The lowest BCUT2D eigenvalue weighted by molar-refractivity contribution is -0.161. The Morgan fingerprint density at radius 1 is 0.284 bits per heavy atom. The first-order chi connectivity index (χ1) is 49.7. The molecular formula is C83H140O17P2. The molecule has 0 aromatic rings. The molecule has 584 valence electrons. The highest BCUT2D eigenvalue weighted by Gasteiger charge is 2.30. The van der Waals surface area contributed by atoms with Gasteiger partial charge in [-0.2, -0.15) is 0 Å². The van der Waals surface area contributed by atoms with E-state index in [-0.39, 0.29) is 25.7 Å². The van der Waals surface area contributed by atoms with Crippen LogP contribution in [0.15, 0.2) is 134 Å². The van der Waals surface area contributed by atoms with Crippen molar-refractivity contribution >= 4 is 39.5 Å². The van der Waals surface area contributed by atoms with E-state index in [9.17, 15) is 43.2 Å². The lowest BCUT2D eigenvalue weighted by Crippen LogP contribution is -2.30. The van der Waals surface area contributed by atoms with Gasteiger partial charge in [-0.1, -0.05) is 271 Å². The molecule has 0 radical (unpaired) electrons. The van der Waals surface area contributed by atoms with Crippen molar-refractivity contribution in [1.29, 1.82) is 0 Å². The van der Waals surface area contributed by atoms with Crippen LogP contribution < -0.4 is 0 Å². The van der Waals surface area contributed by atoms with Crippen LogP contribution in [0.3, 0.4) is 0 Å². The molecule has 0 heterocycles. The number of hydrogen-bond acceptors (Lipinski definition) is 15. The first kappa shape index (κ1) is 97.2. The van der Waals surface area contributed by atoms with Crippen LogP contribution in [0.1, 0.15) is 310 Å². The molecular weight excluding hydrogens is 1330 g/mol. The van der Waals surface area contributed by atoms with E-state index >= 15 is 0 Å². The Bertz CT molecular complexity index is 2460. The van der Waals surface area contributed by atoms with Crippen molar-refractivity contribution in [2.75, 3.05) is 39.6 Å². The number of carbonyl (C=O) groups excluding carboxylic acids is 4. The van der Waals surface area contributed by atoms with Gasteiger partial charge in [0.25, 0.3) is 0 Å². The Hall–Kier alpha value is -4.80. The molecule has 0 rings (SSSR count). The maximum Gasteiger partial charge on any atom is 0.472 e. The molecule has 0 saturated heterocycles. The van der Waals surface area contributed by atoms with Crippen LogP contribution in [-0.4, -0.2) is 96.7 Å². The minimum Gasteiger partial charge on any atom is -0.462 e. The summed E-state index contributed by atoms with van der Waals surface area (Å²) < 4.78 is 68.5. The fourth-order valence-corrected chi connectivity index (χ4v) is 11.7. The van der Waals surface area contributed by atoms with Gasteiger partial charge in [0.15, 0.2) is 12.2 Å². The molecule has 5 unspecified atom stereocenters. The third-order valence-electron chi connectivity index (χ3n) is 16.1. The first-order valence-electron chi connectivity index (χ1n) is 39.4. The van der Waals surface area contributed by atoms with Crippen molar-refractivity contribution in [1.82, 2.24) is 0 Å². The number of unbranched alkanes of at least 4 members (excludes halogenated alkanes) is 25. The Balaban J connectivity index is 5.43. The van der Waals surface area contributed by atoms with Gasteiger partial charge >= 0.3 is 39.5 Å². The van der Waals surface area contributed by atoms with Crippen molar-refractivity contribution in [3.05, 3.63) is 134 Å². The van der Waals surface area contributed by atoms with Gasteiger partial charge < -0.3 is 33.8 Å². The van der Waals surface area contributed by atoms with E-state index in [0.717, 1.165) is 161 Å². The van der Waals surface area contributed by atoms with E-state index in [0.29, 0.717) is 32.1 Å². The average Bonchev–Trinajstić information content (AvgIpc) is 0.908. The highest BCUT2D eigenvalue weighted by atomic mass is 31.2. The summed E-state index contributed by atoms with van der Waals surface area (Å²) in [6.07, 6.45) is 83.1. The number of phosphoric ester groups is 2. The molecule has 0 bridgehead atoms. The van der Waals surface area contributed by atoms with E-state index < -0.39 is 97.5 Å². The minimum absolute atomic E-state index is 0.0318. The van der Waals surface area contributed by atoms with Gasteiger partial charge in [0.2, 0.25) is 0 Å². The van der Waals surface area contributed by atoms with Crippen LogP contribution in [0.2, 0.25) is 0 Å². The van der Waals surface area contributed by atoms with E-state index in [1.165, 1.54) is 64.2 Å². The first-order valence-corrected chi connectivity index (χ1v) is 42.4. The number of esters is 4. The normalized spacial score (nSPS) is 14.6. The molecule has 102 heavy (non-hydrogen) atoms. The lowest BCUT2D eigenvalue weighted by Gasteiger charge is -2.21. The zero-order chi connectivity index (χ0) is 74.6. The quantitative estimate of drug-likeness (QED) is 0.0169. The third kappa shape index (κ3) is 73.5. The van der Waals surface area contributed by atoms with Gasteiger partial charge in [0, 0.05) is 25.7 Å². The second-order valence-corrected chi connectivity index (χ2v) is 28.8. The Kier molecular flexibility index (Phi) is 71.0. The molecule has 19 heteroatoms. The zero-order valence-corrected chi connectivity index (χ0v) is 65.5. The number of aliphatic hydroxyl groups excluding tert-OH is 1. The summed E-state index contributed by atoms with van der Waals surface area (Å²) in [5.74, 6) is -2.31. The summed E-state index contributed by atoms with van der Waals surface area (Å²) in [4.78, 5) is 72.9. The molecule has 0 aromatic carbocycles. The highest BCUT2D eigenvalue weighted by Crippen LogP contribution is 2.45. The van der Waals surface area contributed by atoms with Crippen molar-refractivity contribution in [3.8, 4) is 0 Å². The highest BCUT2D eigenvalue weighted by molar-refractivity contribution is 7.47. The van der Waals surface area contributed by atoms with Crippen LogP contribution in [0, 0.1) is 0 Å². The van der Waals surface area contributed by atoms with Gasteiger partial charge in [-0.3, -0.25) is 37.3 Å². The van der Waals surface area contributed by atoms with E-state index in [2.05, 4.69) is 143 Å². The van der Waals surface area contributed by atoms with Crippen LogP contribution in [0.4, 0.5) is 0 Å². The predicted octanol–water partition coefficient (Wildman–Crippen LogP) is 22.9. The number of allylic oxidation sites excluding steroid dienone is 22. The molecule has 0 amide bonds. The zero-order valence-electron chi connectivity index (χ0n) is 63.7. The third-order valence-corrected chi connectivity index (χ3v) is 18.0. The molecule has 0 saturated carbocycles. The molecule has 5 atom stereocenters. The van der Waals surface area contributed by atoms with E-state index in [4.69, 9.17) is 37.0 Å². The molecule has 0 aliphatic heterocycles. The summed E-state index contributed by atoms with van der Waals surface area (Å²) in [6.45, 7) is 4.51. The summed E-state index contributed by atoms with van der Waals surface area (Å²) in [5.41, 5.74) is 0. The fourth-order valence-electron chi connectivity index (χ4n) is 10.1. The number of hydrogen-bond donors (Lipinski definition) is 3. The van der Waals surface area contributed by atoms with Gasteiger partial charge in [-0.15, -0.1) is 0 Å². The maximum absolute atomic E-state index is 13.1. The molecule has 0 fully saturated rings. The van der Waals surface area contributed by atoms with Gasteiger partial charge in [0.1, 0.15) is 19.3 Å². The smallest absolute Gasteiger partial charge is 0.462 e. The van der Waals surface area contributed by atoms with Crippen molar-refractivity contribution < 1.29 is 80.2 Å². The lowest BCUT2D eigenvalue weighted by atomic mass is 10.1. The molecule has 3 N–H and O–H groups in total. The predicted molar refractivity (Wildman–Crippen MR) is 418 cm³/mol. The SMILES string of the molecule is CC/C=C\C/C=C\C/C=C\C/C=C\C/C=C\C/C=C\CCC(=O)OCC(COP(=O)(O)OCC(O)COP(=O)(O)OCC(COC(=O)CCCCCCC/C=C\C/C=C\C/C=C\CC)OC(=O)CCCCCCC/C=C\CCCCCCCC)OC(=O)CCCCCCC/C=C\CCCCCC. The van der Waals surface area contributed by atoms with Crippen LogP contribution >= 0.6 is 15.6 Å². The molecule has 0 aliphatic rings. The summed E-state index contributed by atoms with van der Waals surface area (Å²) in [7, 11) is -9.99. The number of carbonyl (C=O) groups is 4. The van der Waals surface area contributed by atoms with Gasteiger partial charge in [-0.25, -0.2) is 9.13 Å². The van der Waals surface area contributed by atoms with E-state index in [1.807, 2.05) is 18.2 Å². The number of rotatable bonds is 73. The average molecular weight is 1470 g/mol. The summed E-state index contributed by atoms with van der Waals surface area (Å²) in [6, 6.07) is 0. The monoisotopic (exact) mass is 1470 g/mol. The molecule has 0 spiro atoms. The largest absolute Gasteiger partial charge is 0.472 e. The molecule has 0 aliphatic carbocycles. The Morgan fingerprint density at radius 3 is 0.863 bits per heavy atom. The Morgan fingerprint density at radius 2 is 0.529 bits per heavy atom. The second kappa shape index (κ2) is 74.5. The molecule has 17 nitrogen and oxygen atoms in total. The van der Waals surface area contributed by atoms with Gasteiger partial charge in [0.05, 0.1) is 26.4 Å². The van der Waals surface area contributed by atoms with Crippen molar-refractivity contribution in [2.45, 2.75) is 329 Å². The van der Waals surface area contributed by atoms with Crippen molar-refractivity contribution in [3.63, 3.8) is 0 Å². The second-order valence-electron chi connectivity index (χ2n) is 25.9. The Labute approximate surface area is 618 Å². The number of ether oxygens (including phenoxy) is 4. The van der Waals surface area contributed by atoms with Crippen LogP contribution in [0.5, 0.6) is 0 Å². The number of phosphoric acid groups is 2.